The smallest absolute Gasteiger partial charge is 0.344 e. The van der Waals surface area contributed by atoms with E-state index in [4.69, 9.17) is 0 Å². The largest absolute Gasteiger partial charge is 0.416 e. The molecule has 3 rings (SSSR count). The van der Waals surface area contributed by atoms with Gasteiger partial charge in [-0.05, 0) is 37.3 Å². The summed E-state index contributed by atoms with van der Waals surface area (Å²) in [5.74, 6) is -0.700. The van der Waals surface area contributed by atoms with Crippen LogP contribution in [-0.4, -0.2) is 37.6 Å². The summed E-state index contributed by atoms with van der Waals surface area (Å²) in [7, 11) is -2.35. The number of carbonyl (C=O) groups is 1. The Hall–Kier alpha value is -2.86. The van der Waals surface area contributed by atoms with Crippen molar-refractivity contribution in [2.45, 2.75) is 19.1 Å². The number of aromatic nitrogens is 3. The summed E-state index contributed by atoms with van der Waals surface area (Å²) in [5.41, 5.74) is 0.558. The van der Waals surface area contributed by atoms with Gasteiger partial charge in [0.1, 0.15) is 5.69 Å². The molecule has 1 amide bonds. The summed E-state index contributed by atoms with van der Waals surface area (Å²) in [4.78, 5) is 25.6. The fourth-order valence-electron chi connectivity index (χ4n) is 2.93. The van der Waals surface area contributed by atoms with Crippen molar-refractivity contribution in [2.75, 3.05) is 12.5 Å². The minimum absolute atomic E-state index is 0.133. The number of halogens is 4. The Labute approximate surface area is 197 Å². The highest BCUT2D eigenvalue weighted by Gasteiger charge is 2.32. The van der Waals surface area contributed by atoms with Crippen molar-refractivity contribution in [1.82, 2.24) is 20.3 Å². The van der Waals surface area contributed by atoms with Crippen LogP contribution in [0.4, 0.5) is 18.9 Å². The molecule has 174 valence electrons. The maximum Gasteiger partial charge on any atom is 0.416 e. The zero-order chi connectivity index (χ0) is 24.4. The van der Waals surface area contributed by atoms with Gasteiger partial charge in [0.05, 0.1) is 34.9 Å². The van der Waals surface area contributed by atoms with Gasteiger partial charge in [-0.2, -0.15) is 17.5 Å². The van der Waals surface area contributed by atoms with E-state index in [2.05, 4.69) is 40.6 Å². The van der Waals surface area contributed by atoms with Crippen LogP contribution in [0.15, 0.2) is 57.8 Å². The molecular formula is C21H19BrF3N5O2S. The predicted molar refractivity (Wildman–Crippen MR) is 122 cm³/mol. The van der Waals surface area contributed by atoms with E-state index in [9.17, 15) is 22.2 Å². The number of rotatable bonds is 5. The van der Waals surface area contributed by atoms with Gasteiger partial charge in [0.15, 0.2) is 0 Å². The van der Waals surface area contributed by atoms with Crippen LogP contribution in [0, 0.1) is 0 Å². The van der Waals surface area contributed by atoms with Crippen LogP contribution in [0.3, 0.4) is 0 Å². The van der Waals surface area contributed by atoms with Crippen LogP contribution in [0.5, 0.6) is 0 Å². The molecule has 0 aliphatic rings. The lowest BCUT2D eigenvalue weighted by Crippen LogP contribution is -2.28. The molecule has 3 aromatic rings. The SMILES string of the molecule is C[C@H](NC(=O)c1cc(Br)cc(C(F)(F)F)c1)c1nccnc1-c1ccc(N=S(C)(C)=O)cn1. The molecule has 0 unspecified atom stereocenters. The Morgan fingerprint density at radius 3 is 2.42 bits per heavy atom. The van der Waals surface area contributed by atoms with Crippen LogP contribution in [0.1, 0.15) is 34.6 Å². The summed E-state index contributed by atoms with van der Waals surface area (Å²) in [6.07, 6.45) is 2.78. The highest BCUT2D eigenvalue weighted by molar-refractivity contribution is 9.10. The Morgan fingerprint density at radius 2 is 1.82 bits per heavy atom. The molecule has 2 heterocycles. The first-order valence-electron chi connectivity index (χ1n) is 9.46. The zero-order valence-electron chi connectivity index (χ0n) is 17.7. The molecule has 0 radical (unpaired) electrons. The van der Waals surface area contributed by atoms with Gasteiger partial charge in [0, 0.05) is 44.7 Å². The zero-order valence-corrected chi connectivity index (χ0v) is 20.1. The third kappa shape index (κ3) is 6.57. The second-order valence-electron chi connectivity index (χ2n) is 7.39. The van der Waals surface area contributed by atoms with E-state index in [0.29, 0.717) is 22.8 Å². The molecule has 1 atom stereocenters. The van der Waals surface area contributed by atoms with Gasteiger partial charge in [0.2, 0.25) is 0 Å². The third-order valence-electron chi connectivity index (χ3n) is 4.29. The van der Waals surface area contributed by atoms with Gasteiger partial charge < -0.3 is 5.32 Å². The lowest BCUT2D eigenvalue weighted by atomic mass is 10.1. The molecule has 0 aliphatic heterocycles. The van der Waals surface area contributed by atoms with E-state index in [-0.39, 0.29) is 10.0 Å². The summed E-state index contributed by atoms with van der Waals surface area (Å²) >= 11 is 3.01. The Balaban J connectivity index is 1.88. The van der Waals surface area contributed by atoms with E-state index in [1.165, 1.54) is 37.2 Å². The van der Waals surface area contributed by atoms with Crippen molar-refractivity contribution >= 4 is 37.3 Å². The summed E-state index contributed by atoms with van der Waals surface area (Å²) in [6.45, 7) is 1.64. The van der Waals surface area contributed by atoms with E-state index in [0.717, 1.165) is 12.1 Å². The fourth-order valence-corrected chi connectivity index (χ4v) is 4.04. The molecule has 2 aromatic heterocycles. The van der Waals surface area contributed by atoms with Crippen molar-refractivity contribution in [3.63, 3.8) is 0 Å². The Morgan fingerprint density at radius 1 is 1.12 bits per heavy atom. The van der Waals surface area contributed by atoms with Crippen LogP contribution in [0.25, 0.3) is 11.4 Å². The van der Waals surface area contributed by atoms with Gasteiger partial charge in [-0.1, -0.05) is 15.9 Å². The lowest BCUT2D eigenvalue weighted by molar-refractivity contribution is -0.137. The molecule has 33 heavy (non-hydrogen) atoms. The number of hydrogen-bond acceptors (Lipinski definition) is 6. The lowest BCUT2D eigenvalue weighted by Gasteiger charge is -2.17. The molecule has 0 saturated heterocycles. The molecule has 0 aliphatic carbocycles. The van der Waals surface area contributed by atoms with Gasteiger partial charge in [0.25, 0.3) is 5.91 Å². The van der Waals surface area contributed by atoms with Crippen LogP contribution in [0.2, 0.25) is 0 Å². The summed E-state index contributed by atoms with van der Waals surface area (Å²) < 4.78 is 55.4. The first-order chi connectivity index (χ1) is 15.3. The quantitative estimate of drug-likeness (QED) is 0.480. The van der Waals surface area contributed by atoms with Crippen molar-refractivity contribution in [2.24, 2.45) is 4.36 Å². The number of nitrogens with zero attached hydrogens (tertiary/aromatic N) is 4. The van der Waals surface area contributed by atoms with Gasteiger partial charge >= 0.3 is 6.18 Å². The van der Waals surface area contributed by atoms with Crippen molar-refractivity contribution in [3.05, 3.63) is 70.2 Å². The molecule has 1 N–H and O–H groups in total. The standard InChI is InChI=1S/C21H19BrF3N5O2S/c1-12(29-20(31)13-8-14(21(23,24)25)10-15(22)9-13)18-19(27-7-6-26-18)17-5-4-16(11-28-17)30-33(2,3)32/h4-12H,1-3H3,(H,29,31)/t12-/m0/s1. The monoisotopic (exact) mass is 541 g/mol. The molecule has 12 heteroatoms. The van der Waals surface area contributed by atoms with E-state index in [1.807, 2.05) is 0 Å². The minimum atomic E-state index is -4.59. The van der Waals surface area contributed by atoms with Crippen molar-refractivity contribution in [3.8, 4) is 11.4 Å². The van der Waals surface area contributed by atoms with Gasteiger partial charge in [-0.25, -0.2) is 4.21 Å². The van der Waals surface area contributed by atoms with E-state index in [1.54, 1.807) is 19.1 Å². The second-order valence-corrected chi connectivity index (χ2v) is 10.8. The average Bonchev–Trinajstić information content (AvgIpc) is 2.72. The van der Waals surface area contributed by atoms with Gasteiger partial charge in [-0.15, -0.1) is 0 Å². The first kappa shape index (κ1) is 24.8. The molecule has 0 bridgehead atoms. The average molecular weight is 542 g/mol. The predicted octanol–water partition coefficient (Wildman–Crippen LogP) is 5.17. The number of benzene rings is 1. The maximum atomic E-state index is 13.1. The fraction of sp³-hybridized carbons (Fsp3) is 0.238. The normalized spacial score (nSPS) is 12.8. The Kier molecular flexibility index (Phi) is 7.17. The number of hydrogen-bond donors (Lipinski definition) is 1. The number of pyridine rings is 1. The van der Waals surface area contributed by atoms with Crippen LogP contribution < -0.4 is 5.32 Å². The molecule has 0 spiro atoms. The third-order valence-corrected chi connectivity index (χ3v) is 5.40. The number of carbonyl (C=O) groups excluding carboxylic acids is 1. The van der Waals surface area contributed by atoms with Crippen LogP contribution in [-0.2, 0) is 15.9 Å². The highest BCUT2D eigenvalue weighted by Crippen LogP contribution is 2.32. The second kappa shape index (κ2) is 9.56. The summed E-state index contributed by atoms with van der Waals surface area (Å²) in [6, 6.07) is 5.57. The number of amides is 1. The number of nitrogens with one attached hydrogen (secondary N) is 1. The molecule has 0 fully saturated rings. The first-order valence-corrected chi connectivity index (χ1v) is 12.6. The van der Waals surface area contributed by atoms with Crippen LogP contribution >= 0.6 is 15.9 Å². The molecular weight excluding hydrogens is 523 g/mol. The topological polar surface area (TPSA) is 97.2 Å². The van der Waals surface area contributed by atoms with Crippen molar-refractivity contribution < 1.29 is 22.2 Å². The minimum Gasteiger partial charge on any atom is -0.344 e. The maximum absolute atomic E-state index is 13.1. The van der Waals surface area contributed by atoms with Crippen molar-refractivity contribution in [1.29, 1.82) is 0 Å². The highest BCUT2D eigenvalue weighted by atomic mass is 79.9. The number of alkyl halides is 3. The van der Waals surface area contributed by atoms with E-state index >= 15 is 0 Å². The molecule has 1 aromatic carbocycles. The Bertz CT molecular complexity index is 1300. The summed E-state index contributed by atoms with van der Waals surface area (Å²) in [5, 5.41) is 2.66. The molecule has 0 saturated carbocycles. The van der Waals surface area contributed by atoms with Gasteiger partial charge in [-0.3, -0.25) is 19.7 Å². The molecule has 7 nitrogen and oxygen atoms in total. The van der Waals surface area contributed by atoms with E-state index < -0.39 is 33.4 Å².